The highest BCUT2D eigenvalue weighted by Crippen LogP contribution is 2.42. The number of furan rings is 1. The molecule has 2 unspecified atom stereocenters. The van der Waals surface area contributed by atoms with Crippen molar-refractivity contribution >= 4 is 28.5 Å². The van der Waals surface area contributed by atoms with Crippen molar-refractivity contribution in [2.45, 2.75) is 19.1 Å². The molecule has 128 valence electrons. The maximum absolute atomic E-state index is 12.8. The minimum Gasteiger partial charge on any atom is -0.462 e. The number of anilines is 1. The van der Waals surface area contributed by atoms with Gasteiger partial charge in [0.2, 0.25) is 0 Å². The molecule has 2 aliphatic heterocycles. The molecule has 1 amide bonds. The van der Waals surface area contributed by atoms with E-state index in [1.807, 2.05) is 43.3 Å². The molecule has 0 fully saturated rings. The second-order valence-electron chi connectivity index (χ2n) is 5.86. The van der Waals surface area contributed by atoms with Crippen LogP contribution >= 0.6 is 11.8 Å². The number of carbonyl (C=O) groups excluding carboxylic acids is 1. The second-order valence-corrected chi connectivity index (χ2v) is 6.87. The Kier molecular flexibility index (Phi) is 4.01. The van der Waals surface area contributed by atoms with Crippen molar-refractivity contribution in [3.63, 3.8) is 0 Å². The van der Waals surface area contributed by atoms with Gasteiger partial charge in [-0.25, -0.2) is 5.01 Å². The van der Waals surface area contributed by atoms with Gasteiger partial charge in [0.05, 0.1) is 0 Å². The summed E-state index contributed by atoms with van der Waals surface area (Å²) in [6, 6.07) is 11.1. The number of hydrazone groups is 1. The SMILES string of the molecule is C=CCSC1=NN2C(c3ccc(C)o3)Nc3ccccc3C2C(=O)N1. The van der Waals surface area contributed by atoms with Crippen LogP contribution in [0.2, 0.25) is 0 Å². The van der Waals surface area contributed by atoms with Gasteiger partial charge >= 0.3 is 0 Å². The first-order valence-electron chi connectivity index (χ1n) is 8.00. The van der Waals surface area contributed by atoms with Crippen LogP contribution in [0.25, 0.3) is 0 Å². The molecule has 0 saturated carbocycles. The molecule has 7 heteroatoms. The van der Waals surface area contributed by atoms with Gasteiger partial charge in [-0.1, -0.05) is 36.0 Å². The Labute approximate surface area is 150 Å². The van der Waals surface area contributed by atoms with Crippen molar-refractivity contribution in [1.29, 1.82) is 0 Å². The fourth-order valence-electron chi connectivity index (χ4n) is 3.06. The van der Waals surface area contributed by atoms with Gasteiger partial charge in [-0.05, 0) is 25.1 Å². The van der Waals surface area contributed by atoms with Crippen molar-refractivity contribution in [2.75, 3.05) is 11.1 Å². The molecule has 25 heavy (non-hydrogen) atoms. The van der Waals surface area contributed by atoms with Crippen LogP contribution in [0.3, 0.4) is 0 Å². The third kappa shape index (κ3) is 2.80. The number of carbonyl (C=O) groups is 1. The molecule has 2 atom stereocenters. The number of amidine groups is 1. The van der Waals surface area contributed by atoms with E-state index < -0.39 is 6.04 Å². The average molecular weight is 354 g/mol. The van der Waals surface area contributed by atoms with Crippen LogP contribution in [0.1, 0.15) is 29.3 Å². The number of benzene rings is 1. The summed E-state index contributed by atoms with van der Waals surface area (Å²) in [4.78, 5) is 12.8. The quantitative estimate of drug-likeness (QED) is 0.827. The maximum atomic E-state index is 12.8. The van der Waals surface area contributed by atoms with E-state index in [9.17, 15) is 4.79 Å². The maximum Gasteiger partial charge on any atom is 0.255 e. The van der Waals surface area contributed by atoms with E-state index in [0.29, 0.717) is 10.9 Å². The van der Waals surface area contributed by atoms with E-state index in [2.05, 4.69) is 22.3 Å². The molecular weight excluding hydrogens is 336 g/mol. The van der Waals surface area contributed by atoms with Crippen LogP contribution in [0.5, 0.6) is 0 Å². The lowest BCUT2D eigenvalue weighted by Crippen LogP contribution is -2.50. The molecule has 1 aromatic heterocycles. The first-order chi connectivity index (χ1) is 12.2. The molecule has 1 aromatic carbocycles. The normalized spacial score (nSPS) is 21.6. The third-order valence-corrected chi connectivity index (χ3v) is 4.99. The van der Waals surface area contributed by atoms with Crippen molar-refractivity contribution in [3.05, 3.63) is 66.1 Å². The standard InChI is InChI=1S/C18H18N4O2S/c1-3-10-25-18-20-17(23)15-12-6-4-5-7-13(12)19-16(22(15)21-18)14-9-8-11(2)24-14/h3-9,15-16,19H,1,10H2,2H3,(H,20,21,23). The predicted octanol–water partition coefficient (Wildman–Crippen LogP) is 3.38. The molecule has 6 nitrogen and oxygen atoms in total. The number of fused-ring (bicyclic) bond motifs is 3. The monoisotopic (exact) mass is 354 g/mol. The van der Waals surface area contributed by atoms with E-state index >= 15 is 0 Å². The Morgan fingerprint density at radius 3 is 2.96 bits per heavy atom. The number of hydrogen-bond acceptors (Lipinski definition) is 6. The average Bonchev–Trinajstić information content (AvgIpc) is 3.05. The zero-order valence-corrected chi connectivity index (χ0v) is 14.5. The molecule has 2 aromatic rings. The van der Waals surface area contributed by atoms with Crippen LogP contribution in [-0.4, -0.2) is 21.8 Å². The van der Waals surface area contributed by atoms with E-state index in [1.54, 1.807) is 11.1 Å². The van der Waals surface area contributed by atoms with Gasteiger partial charge in [-0.3, -0.25) is 4.79 Å². The van der Waals surface area contributed by atoms with Crippen molar-refractivity contribution < 1.29 is 9.21 Å². The highest BCUT2D eigenvalue weighted by atomic mass is 32.2. The van der Waals surface area contributed by atoms with Crippen molar-refractivity contribution in [3.8, 4) is 0 Å². The Morgan fingerprint density at radius 2 is 2.20 bits per heavy atom. The van der Waals surface area contributed by atoms with Gasteiger partial charge in [0.15, 0.2) is 17.4 Å². The summed E-state index contributed by atoms with van der Waals surface area (Å²) in [5, 5.41) is 13.3. The highest BCUT2D eigenvalue weighted by Gasteiger charge is 2.42. The summed E-state index contributed by atoms with van der Waals surface area (Å²) in [6.45, 7) is 5.61. The fraction of sp³-hybridized carbons (Fsp3) is 0.222. The Hall–Kier alpha value is -2.67. The number of nitrogens with one attached hydrogen (secondary N) is 2. The summed E-state index contributed by atoms with van der Waals surface area (Å²) >= 11 is 1.44. The highest BCUT2D eigenvalue weighted by molar-refractivity contribution is 8.14. The van der Waals surface area contributed by atoms with Crippen LogP contribution in [0, 0.1) is 6.92 Å². The van der Waals surface area contributed by atoms with Gasteiger partial charge in [0, 0.05) is 17.0 Å². The summed E-state index contributed by atoms with van der Waals surface area (Å²) in [5.74, 6) is 2.12. The van der Waals surface area contributed by atoms with Crippen LogP contribution in [0.15, 0.2) is 58.6 Å². The molecule has 2 aliphatic rings. The second kappa shape index (κ2) is 6.33. The van der Waals surface area contributed by atoms with Crippen LogP contribution in [-0.2, 0) is 4.79 Å². The van der Waals surface area contributed by atoms with Crippen molar-refractivity contribution in [2.24, 2.45) is 5.10 Å². The molecular formula is C18H18N4O2S. The smallest absolute Gasteiger partial charge is 0.255 e. The summed E-state index contributed by atoms with van der Waals surface area (Å²) in [7, 11) is 0. The largest absolute Gasteiger partial charge is 0.462 e. The molecule has 2 N–H and O–H groups in total. The predicted molar refractivity (Wildman–Crippen MR) is 99.1 cm³/mol. The number of rotatable bonds is 3. The Bertz CT molecular complexity index is 860. The number of hydrogen-bond donors (Lipinski definition) is 2. The topological polar surface area (TPSA) is 69.9 Å². The Morgan fingerprint density at radius 1 is 1.36 bits per heavy atom. The van der Waals surface area contributed by atoms with E-state index in [1.165, 1.54) is 11.8 Å². The van der Waals surface area contributed by atoms with Crippen LogP contribution in [0.4, 0.5) is 5.69 Å². The lowest BCUT2D eigenvalue weighted by atomic mass is 9.99. The molecule has 0 aliphatic carbocycles. The van der Waals surface area contributed by atoms with Gasteiger partial charge in [-0.2, -0.15) is 0 Å². The van der Waals surface area contributed by atoms with Gasteiger partial charge in [0.1, 0.15) is 11.5 Å². The number of amides is 1. The molecule has 4 rings (SSSR count). The first-order valence-corrected chi connectivity index (χ1v) is 8.99. The lowest BCUT2D eigenvalue weighted by molar-refractivity contribution is -0.127. The number of nitrogens with zero attached hydrogens (tertiary/aromatic N) is 2. The van der Waals surface area contributed by atoms with E-state index in [-0.39, 0.29) is 12.1 Å². The van der Waals surface area contributed by atoms with Gasteiger partial charge < -0.3 is 15.1 Å². The fourth-order valence-corrected chi connectivity index (χ4v) is 3.66. The summed E-state index contributed by atoms with van der Waals surface area (Å²) < 4.78 is 5.81. The summed E-state index contributed by atoms with van der Waals surface area (Å²) in [6.07, 6.45) is 1.43. The molecule has 3 heterocycles. The van der Waals surface area contributed by atoms with E-state index in [0.717, 1.165) is 22.8 Å². The molecule has 0 bridgehead atoms. The van der Waals surface area contributed by atoms with Crippen LogP contribution < -0.4 is 10.6 Å². The molecule has 0 saturated heterocycles. The van der Waals surface area contributed by atoms with E-state index in [4.69, 9.17) is 4.42 Å². The minimum absolute atomic E-state index is 0.0937. The van der Waals surface area contributed by atoms with Crippen molar-refractivity contribution in [1.82, 2.24) is 10.3 Å². The number of para-hydroxylation sites is 1. The molecule has 0 spiro atoms. The zero-order valence-electron chi connectivity index (χ0n) is 13.7. The van der Waals surface area contributed by atoms with Gasteiger partial charge in [-0.15, -0.1) is 11.7 Å². The lowest BCUT2D eigenvalue weighted by Gasteiger charge is -2.42. The third-order valence-electron chi connectivity index (χ3n) is 4.13. The number of thioether (sulfide) groups is 1. The Balaban J connectivity index is 1.79. The minimum atomic E-state index is -0.499. The van der Waals surface area contributed by atoms with Gasteiger partial charge in [0.25, 0.3) is 5.91 Å². The summed E-state index contributed by atoms with van der Waals surface area (Å²) in [5.41, 5.74) is 1.81. The first kappa shape index (κ1) is 15.8. The molecule has 0 radical (unpaired) electrons. The zero-order chi connectivity index (χ0) is 17.4. The number of aryl methyl sites for hydroxylation is 1.